The van der Waals surface area contributed by atoms with Crippen LogP contribution in [0.15, 0.2) is 29.2 Å². The predicted octanol–water partition coefficient (Wildman–Crippen LogP) is 0.818. The van der Waals surface area contributed by atoms with E-state index in [1.54, 1.807) is 12.1 Å². The maximum Gasteiger partial charge on any atom is 0.249 e. The van der Waals surface area contributed by atoms with Crippen molar-refractivity contribution in [3.63, 3.8) is 0 Å². The zero-order valence-electron chi connectivity index (χ0n) is 6.89. The van der Waals surface area contributed by atoms with Gasteiger partial charge in [-0.25, -0.2) is 8.42 Å². The molecule has 1 aromatic rings. The van der Waals surface area contributed by atoms with Gasteiger partial charge in [0.05, 0.1) is 12.0 Å². The van der Waals surface area contributed by atoms with Crippen LogP contribution in [0.2, 0.25) is 0 Å². The molecule has 0 radical (unpaired) electrons. The second-order valence-corrected chi connectivity index (χ2v) is 4.48. The largest absolute Gasteiger partial charge is 0.497 e. The summed E-state index contributed by atoms with van der Waals surface area (Å²) in [6.45, 7) is 0. The minimum Gasteiger partial charge on any atom is -0.497 e. The minimum absolute atomic E-state index is 0.127. The Morgan fingerprint density at radius 2 is 2.15 bits per heavy atom. The molecule has 13 heavy (non-hydrogen) atoms. The summed E-state index contributed by atoms with van der Waals surface area (Å²) in [5, 5.41) is 0. The van der Waals surface area contributed by atoms with Gasteiger partial charge in [-0.15, -0.1) is 0 Å². The normalized spacial score (nSPS) is 11.2. The Balaban J connectivity index is 3.17. The van der Waals surface area contributed by atoms with E-state index in [0.29, 0.717) is 5.75 Å². The van der Waals surface area contributed by atoms with Crippen molar-refractivity contribution in [2.75, 3.05) is 7.11 Å². The molecule has 0 spiro atoms. The van der Waals surface area contributed by atoms with Gasteiger partial charge in [0.25, 0.3) is 0 Å². The number of thiol groups is 1. The van der Waals surface area contributed by atoms with E-state index in [4.69, 9.17) is 4.74 Å². The van der Waals surface area contributed by atoms with Gasteiger partial charge >= 0.3 is 0 Å². The molecule has 1 aromatic carbocycles. The van der Waals surface area contributed by atoms with Crippen molar-refractivity contribution in [1.82, 2.24) is 4.13 Å². The van der Waals surface area contributed by atoms with Crippen molar-refractivity contribution in [3.8, 4) is 5.75 Å². The first-order valence-corrected chi connectivity index (χ1v) is 5.33. The van der Waals surface area contributed by atoms with Crippen LogP contribution >= 0.6 is 12.8 Å². The predicted molar refractivity (Wildman–Crippen MR) is 52.3 cm³/mol. The molecule has 0 atom stereocenters. The van der Waals surface area contributed by atoms with Crippen molar-refractivity contribution < 1.29 is 13.2 Å². The molecular weight excluding hydrogens is 210 g/mol. The highest BCUT2D eigenvalue weighted by Crippen LogP contribution is 2.16. The van der Waals surface area contributed by atoms with Gasteiger partial charge < -0.3 is 4.74 Å². The summed E-state index contributed by atoms with van der Waals surface area (Å²) in [6, 6.07) is 6.13. The van der Waals surface area contributed by atoms with Crippen molar-refractivity contribution in [2.24, 2.45) is 0 Å². The first kappa shape index (κ1) is 10.4. The van der Waals surface area contributed by atoms with E-state index in [-0.39, 0.29) is 4.90 Å². The van der Waals surface area contributed by atoms with Crippen LogP contribution in [-0.4, -0.2) is 15.5 Å². The number of nitrogens with one attached hydrogen (secondary N) is 1. The fraction of sp³-hybridized carbons (Fsp3) is 0.143. The van der Waals surface area contributed by atoms with Crippen LogP contribution in [0.3, 0.4) is 0 Å². The summed E-state index contributed by atoms with van der Waals surface area (Å²) in [6.07, 6.45) is 0. The average molecular weight is 219 g/mol. The molecule has 1 N–H and O–H groups in total. The Kier molecular flexibility index (Phi) is 3.18. The Labute approximate surface area is 82.5 Å². The highest BCUT2D eigenvalue weighted by Gasteiger charge is 2.11. The number of hydrogen-bond donors (Lipinski definition) is 2. The lowest BCUT2D eigenvalue weighted by Crippen LogP contribution is -2.13. The molecule has 0 bridgehead atoms. The third-order valence-corrected chi connectivity index (χ3v) is 3.31. The molecule has 0 aromatic heterocycles. The maximum absolute atomic E-state index is 11.2. The molecule has 0 unspecified atom stereocenters. The first-order valence-electron chi connectivity index (χ1n) is 3.40. The molecule has 72 valence electrons. The number of rotatable bonds is 3. The molecular formula is C7H9NO3S2. The molecule has 1 rings (SSSR count). The van der Waals surface area contributed by atoms with Gasteiger partial charge in [-0.05, 0) is 12.1 Å². The van der Waals surface area contributed by atoms with E-state index >= 15 is 0 Å². The van der Waals surface area contributed by atoms with Crippen LogP contribution in [0.5, 0.6) is 5.75 Å². The van der Waals surface area contributed by atoms with E-state index in [0.717, 1.165) is 0 Å². The molecule has 0 aliphatic rings. The molecule has 0 fully saturated rings. The van der Waals surface area contributed by atoms with Gasteiger partial charge in [-0.1, -0.05) is 18.9 Å². The quantitative estimate of drug-likeness (QED) is 0.740. The Morgan fingerprint density at radius 1 is 1.46 bits per heavy atom. The van der Waals surface area contributed by atoms with Crippen LogP contribution in [0.25, 0.3) is 0 Å². The highest BCUT2D eigenvalue weighted by atomic mass is 32.3. The Hall–Kier alpha value is -0.720. The standard InChI is InChI=1S/C7H9NO3S2/c1-11-6-3-2-4-7(5-6)13(9,10)8-12/h2-5,8,12H,1H3. The third-order valence-electron chi connectivity index (χ3n) is 1.47. The van der Waals surface area contributed by atoms with Crippen molar-refractivity contribution in [2.45, 2.75) is 4.90 Å². The van der Waals surface area contributed by atoms with Gasteiger partial charge in [0, 0.05) is 6.07 Å². The van der Waals surface area contributed by atoms with Gasteiger partial charge in [0.15, 0.2) is 0 Å². The van der Waals surface area contributed by atoms with E-state index in [9.17, 15) is 8.42 Å². The second-order valence-electron chi connectivity index (χ2n) is 2.27. The fourth-order valence-electron chi connectivity index (χ4n) is 0.821. The SMILES string of the molecule is COc1cccc(S(=O)(=O)NS)c1. The summed E-state index contributed by atoms with van der Waals surface area (Å²) in [5.41, 5.74) is 0. The van der Waals surface area contributed by atoms with Crippen molar-refractivity contribution in [1.29, 1.82) is 0 Å². The molecule has 0 aliphatic heterocycles. The second kappa shape index (κ2) is 3.99. The number of benzene rings is 1. The number of ether oxygens (including phenoxy) is 1. The Morgan fingerprint density at radius 3 is 2.69 bits per heavy atom. The van der Waals surface area contributed by atoms with E-state index in [1.807, 2.05) is 4.13 Å². The van der Waals surface area contributed by atoms with Gasteiger partial charge in [0.1, 0.15) is 5.75 Å². The van der Waals surface area contributed by atoms with Crippen LogP contribution in [0.4, 0.5) is 0 Å². The zero-order chi connectivity index (χ0) is 9.90. The van der Waals surface area contributed by atoms with Crippen molar-refractivity contribution in [3.05, 3.63) is 24.3 Å². The van der Waals surface area contributed by atoms with E-state index in [2.05, 4.69) is 12.8 Å². The molecule has 0 saturated carbocycles. The topological polar surface area (TPSA) is 55.4 Å². The monoisotopic (exact) mass is 219 g/mol. The molecule has 0 heterocycles. The summed E-state index contributed by atoms with van der Waals surface area (Å²) < 4.78 is 29.2. The lowest BCUT2D eigenvalue weighted by molar-refractivity contribution is 0.413. The van der Waals surface area contributed by atoms with E-state index in [1.165, 1.54) is 19.2 Å². The third kappa shape index (κ3) is 2.36. The van der Waals surface area contributed by atoms with Crippen LogP contribution < -0.4 is 8.86 Å². The Bertz CT molecular complexity index is 388. The van der Waals surface area contributed by atoms with E-state index < -0.39 is 10.0 Å². The summed E-state index contributed by atoms with van der Waals surface area (Å²) in [5.74, 6) is 0.490. The number of sulfonamides is 1. The van der Waals surface area contributed by atoms with Crippen molar-refractivity contribution >= 4 is 22.8 Å². The number of methoxy groups -OCH3 is 1. The summed E-state index contributed by atoms with van der Waals surface area (Å²) >= 11 is 3.50. The fourth-order valence-corrected chi connectivity index (χ4v) is 1.77. The average Bonchev–Trinajstić information content (AvgIpc) is 2.18. The first-order chi connectivity index (χ1) is 6.10. The molecule has 6 heteroatoms. The zero-order valence-corrected chi connectivity index (χ0v) is 8.60. The molecule has 4 nitrogen and oxygen atoms in total. The number of hydrogen-bond acceptors (Lipinski definition) is 4. The van der Waals surface area contributed by atoms with Gasteiger partial charge in [-0.2, -0.15) is 4.13 Å². The lowest BCUT2D eigenvalue weighted by atomic mass is 10.3. The summed E-state index contributed by atoms with van der Waals surface area (Å²) in [7, 11) is -2.02. The summed E-state index contributed by atoms with van der Waals surface area (Å²) in [4.78, 5) is 0.127. The lowest BCUT2D eigenvalue weighted by Gasteiger charge is -2.03. The van der Waals surface area contributed by atoms with Crippen LogP contribution in [0, 0.1) is 0 Å². The smallest absolute Gasteiger partial charge is 0.249 e. The maximum atomic E-state index is 11.2. The molecule has 0 amide bonds. The highest BCUT2D eigenvalue weighted by molar-refractivity contribution is 8.00. The van der Waals surface area contributed by atoms with Gasteiger partial charge in [-0.3, -0.25) is 0 Å². The van der Waals surface area contributed by atoms with Gasteiger partial charge in [0.2, 0.25) is 10.0 Å². The molecule has 0 saturated heterocycles. The minimum atomic E-state index is -3.50. The van der Waals surface area contributed by atoms with Crippen LogP contribution in [0.1, 0.15) is 0 Å². The van der Waals surface area contributed by atoms with Crippen LogP contribution in [-0.2, 0) is 10.0 Å². The molecule has 0 aliphatic carbocycles.